The lowest BCUT2D eigenvalue weighted by Crippen LogP contribution is -2.38. The average Bonchev–Trinajstić information content (AvgIpc) is 2.79. The molecular formula is C16H21N3O3. The highest BCUT2D eigenvalue weighted by Gasteiger charge is 2.32. The first-order valence-electron chi connectivity index (χ1n) is 7.35. The van der Waals surface area contributed by atoms with Gasteiger partial charge in [-0.2, -0.15) is 0 Å². The topological polar surface area (TPSA) is 78.5 Å². The van der Waals surface area contributed by atoms with Crippen molar-refractivity contribution in [2.75, 3.05) is 11.9 Å². The molecule has 1 atom stereocenters. The second-order valence-electron chi connectivity index (χ2n) is 5.77. The van der Waals surface area contributed by atoms with E-state index in [1.165, 1.54) is 6.92 Å². The molecule has 0 aliphatic carbocycles. The highest BCUT2D eigenvalue weighted by atomic mass is 16.2. The molecule has 1 aromatic carbocycles. The minimum absolute atomic E-state index is 0.0707. The van der Waals surface area contributed by atoms with Gasteiger partial charge in [-0.3, -0.25) is 14.4 Å². The number of carbonyl (C=O) groups is 3. The van der Waals surface area contributed by atoms with Gasteiger partial charge >= 0.3 is 0 Å². The summed E-state index contributed by atoms with van der Waals surface area (Å²) in [6.07, 6.45) is 0.341. The van der Waals surface area contributed by atoms with Gasteiger partial charge in [0, 0.05) is 37.2 Å². The standard InChI is InChI=1S/C16H21N3O3/c1-10(2)19-9-14(8-15(19)21)18-16(22)12-4-6-13(7-5-12)17-11(3)20/h4-7,10,14H,8-9H2,1-3H3,(H,17,20)(H,18,22). The van der Waals surface area contributed by atoms with Gasteiger partial charge in [-0.1, -0.05) is 0 Å². The van der Waals surface area contributed by atoms with Crippen LogP contribution >= 0.6 is 0 Å². The van der Waals surface area contributed by atoms with Crippen molar-refractivity contribution in [2.24, 2.45) is 0 Å². The van der Waals surface area contributed by atoms with Gasteiger partial charge in [0.2, 0.25) is 11.8 Å². The van der Waals surface area contributed by atoms with E-state index in [1.54, 1.807) is 29.2 Å². The van der Waals surface area contributed by atoms with E-state index in [2.05, 4.69) is 10.6 Å². The molecule has 1 aromatic rings. The number of hydrogen-bond acceptors (Lipinski definition) is 3. The Kier molecular flexibility index (Phi) is 4.80. The molecule has 1 aliphatic heterocycles. The maximum Gasteiger partial charge on any atom is 0.251 e. The number of hydrogen-bond donors (Lipinski definition) is 2. The van der Waals surface area contributed by atoms with E-state index in [-0.39, 0.29) is 29.8 Å². The lowest BCUT2D eigenvalue weighted by atomic mass is 10.1. The molecule has 1 saturated heterocycles. The fourth-order valence-corrected chi connectivity index (χ4v) is 2.50. The largest absolute Gasteiger partial charge is 0.347 e. The van der Waals surface area contributed by atoms with Crippen LogP contribution in [0.1, 0.15) is 37.6 Å². The minimum Gasteiger partial charge on any atom is -0.347 e. The third kappa shape index (κ3) is 3.84. The van der Waals surface area contributed by atoms with Crippen LogP contribution in [0.25, 0.3) is 0 Å². The molecule has 1 aliphatic rings. The molecule has 1 fully saturated rings. The third-order valence-corrected chi connectivity index (χ3v) is 3.58. The van der Waals surface area contributed by atoms with Crippen LogP contribution in [-0.4, -0.2) is 41.2 Å². The first-order chi connectivity index (χ1) is 10.4. The molecule has 118 valence electrons. The van der Waals surface area contributed by atoms with Crippen LogP contribution in [0, 0.1) is 0 Å². The van der Waals surface area contributed by atoms with E-state index in [1.807, 2.05) is 13.8 Å². The van der Waals surface area contributed by atoms with E-state index in [4.69, 9.17) is 0 Å². The molecule has 0 bridgehead atoms. The summed E-state index contributed by atoms with van der Waals surface area (Å²) in [6.45, 7) is 5.90. The monoisotopic (exact) mass is 303 g/mol. The Balaban J connectivity index is 1.95. The quantitative estimate of drug-likeness (QED) is 0.882. The summed E-state index contributed by atoms with van der Waals surface area (Å²) in [7, 11) is 0. The molecule has 6 nitrogen and oxygen atoms in total. The van der Waals surface area contributed by atoms with Gasteiger partial charge < -0.3 is 15.5 Å². The summed E-state index contributed by atoms with van der Waals surface area (Å²) < 4.78 is 0. The Morgan fingerprint density at radius 1 is 1.23 bits per heavy atom. The predicted octanol–water partition coefficient (Wildman–Crippen LogP) is 1.38. The molecule has 0 radical (unpaired) electrons. The van der Waals surface area contributed by atoms with Gasteiger partial charge in [0.05, 0.1) is 6.04 Å². The fourth-order valence-electron chi connectivity index (χ4n) is 2.50. The lowest BCUT2D eigenvalue weighted by Gasteiger charge is -2.21. The Labute approximate surface area is 129 Å². The molecule has 22 heavy (non-hydrogen) atoms. The van der Waals surface area contributed by atoms with Gasteiger partial charge in [0.15, 0.2) is 0 Å². The first-order valence-corrected chi connectivity index (χ1v) is 7.35. The van der Waals surface area contributed by atoms with Crippen LogP contribution in [0.5, 0.6) is 0 Å². The molecule has 0 aromatic heterocycles. The predicted molar refractivity (Wildman–Crippen MR) is 83.5 cm³/mol. The number of benzene rings is 1. The Hall–Kier alpha value is -2.37. The Bertz CT molecular complexity index is 581. The molecular weight excluding hydrogens is 282 g/mol. The smallest absolute Gasteiger partial charge is 0.251 e. The maximum atomic E-state index is 12.2. The van der Waals surface area contributed by atoms with Crippen molar-refractivity contribution in [1.29, 1.82) is 0 Å². The number of nitrogens with one attached hydrogen (secondary N) is 2. The summed E-state index contributed by atoms with van der Waals surface area (Å²) >= 11 is 0. The number of carbonyl (C=O) groups excluding carboxylic acids is 3. The zero-order valence-corrected chi connectivity index (χ0v) is 13.1. The van der Waals surface area contributed by atoms with Crippen molar-refractivity contribution in [3.05, 3.63) is 29.8 Å². The average molecular weight is 303 g/mol. The summed E-state index contributed by atoms with van der Waals surface area (Å²) in [5.74, 6) is -0.297. The van der Waals surface area contributed by atoms with Gasteiger partial charge in [-0.05, 0) is 38.1 Å². The van der Waals surface area contributed by atoms with Crippen LogP contribution in [0.15, 0.2) is 24.3 Å². The highest BCUT2D eigenvalue weighted by Crippen LogP contribution is 2.15. The van der Waals surface area contributed by atoms with Crippen molar-refractivity contribution in [3.63, 3.8) is 0 Å². The number of likely N-dealkylation sites (tertiary alicyclic amines) is 1. The molecule has 3 amide bonds. The second kappa shape index (κ2) is 6.60. The van der Waals surface area contributed by atoms with Crippen molar-refractivity contribution in [2.45, 2.75) is 39.3 Å². The number of nitrogens with zero attached hydrogens (tertiary/aromatic N) is 1. The summed E-state index contributed by atoms with van der Waals surface area (Å²) in [4.78, 5) is 36.7. The minimum atomic E-state index is -0.210. The zero-order chi connectivity index (χ0) is 16.3. The van der Waals surface area contributed by atoms with E-state index in [0.717, 1.165) is 0 Å². The van der Waals surface area contributed by atoms with Crippen LogP contribution in [0.4, 0.5) is 5.69 Å². The van der Waals surface area contributed by atoms with Crippen LogP contribution in [0.3, 0.4) is 0 Å². The molecule has 2 rings (SSSR count). The first kappa shape index (κ1) is 16.0. The summed E-state index contributed by atoms with van der Waals surface area (Å²) in [6, 6.07) is 6.64. The second-order valence-corrected chi connectivity index (χ2v) is 5.77. The van der Waals surface area contributed by atoms with E-state index >= 15 is 0 Å². The van der Waals surface area contributed by atoms with Crippen LogP contribution < -0.4 is 10.6 Å². The van der Waals surface area contributed by atoms with Crippen LogP contribution in [0.2, 0.25) is 0 Å². The molecule has 2 N–H and O–H groups in total. The number of amides is 3. The molecule has 1 heterocycles. The van der Waals surface area contributed by atoms with E-state index in [9.17, 15) is 14.4 Å². The van der Waals surface area contributed by atoms with Crippen molar-refractivity contribution >= 4 is 23.4 Å². The van der Waals surface area contributed by atoms with Crippen molar-refractivity contribution in [1.82, 2.24) is 10.2 Å². The summed E-state index contributed by atoms with van der Waals surface area (Å²) in [5.41, 5.74) is 1.15. The normalized spacial score (nSPS) is 17.7. The van der Waals surface area contributed by atoms with Crippen LogP contribution in [-0.2, 0) is 9.59 Å². The SMILES string of the molecule is CC(=O)Nc1ccc(C(=O)NC2CC(=O)N(C(C)C)C2)cc1. The zero-order valence-electron chi connectivity index (χ0n) is 13.1. The third-order valence-electron chi connectivity index (χ3n) is 3.58. The fraction of sp³-hybridized carbons (Fsp3) is 0.438. The Morgan fingerprint density at radius 3 is 2.36 bits per heavy atom. The number of anilines is 1. The Morgan fingerprint density at radius 2 is 1.86 bits per heavy atom. The van der Waals surface area contributed by atoms with E-state index < -0.39 is 0 Å². The number of rotatable bonds is 4. The lowest BCUT2D eigenvalue weighted by molar-refractivity contribution is -0.129. The molecule has 0 saturated carbocycles. The van der Waals surface area contributed by atoms with Crippen molar-refractivity contribution < 1.29 is 14.4 Å². The summed E-state index contributed by atoms with van der Waals surface area (Å²) in [5, 5.41) is 5.53. The van der Waals surface area contributed by atoms with Gasteiger partial charge in [-0.15, -0.1) is 0 Å². The molecule has 1 unspecified atom stereocenters. The molecule has 6 heteroatoms. The maximum absolute atomic E-state index is 12.2. The van der Waals surface area contributed by atoms with Crippen molar-refractivity contribution in [3.8, 4) is 0 Å². The van der Waals surface area contributed by atoms with E-state index in [0.29, 0.717) is 24.2 Å². The van der Waals surface area contributed by atoms with Gasteiger partial charge in [0.1, 0.15) is 0 Å². The van der Waals surface area contributed by atoms with Gasteiger partial charge in [-0.25, -0.2) is 0 Å². The molecule has 0 spiro atoms. The van der Waals surface area contributed by atoms with Gasteiger partial charge in [0.25, 0.3) is 5.91 Å². The highest BCUT2D eigenvalue weighted by molar-refractivity contribution is 5.96.